The number of hydrogen-bond donors (Lipinski definition) is 1. The third-order valence-corrected chi connectivity index (χ3v) is 10.1. The first kappa shape index (κ1) is 35.9. The number of imidazole rings is 1. The second kappa shape index (κ2) is 14.7. The molecule has 1 fully saturated rings. The number of carbonyl (C=O) groups is 3. The van der Waals surface area contributed by atoms with Gasteiger partial charge in [0.25, 0.3) is 16.7 Å². The van der Waals surface area contributed by atoms with Gasteiger partial charge in [-0.15, -0.1) is 11.8 Å². The fraction of sp³-hybridized carbons (Fsp3) is 0.176. The van der Waals surface area contributed by atoms with E-state index in [-0.39, 0.29) is 40.1 Å². The van der Waals surface area contributed by atoms with Crippen molar-refractivity contribution >= 4 is 86.7 Å². The van der Waals surface area contributed by atoms with Gasteiger partial charge in [0.2, 0.25) is 5.91 Å². The number of anilines is 1. The molecule has 1 aliphatic rings. The van der Waals surface area contributed by atoms with Crippen LogP contribution in [0.25, 0.3) is 17.2 Å². The molecule has 17 heteroatoms. The Labute approximate surface area is 308 Å². The number of methoxy groups -OCH3 is 1. The van der Waals surface area contributed by atoms with Gasteiger partial charge in [-0.25, -0.2) is 4.79 Å². The van der Waals surface area contributed by atoms with Gasteiger partial charge in [-0.2, -0.15) is 4.98 Å². The molecule has 13 nitrogen and oxygen atoms in total. The number of thioether (sulfide) groups is 2. The summed E-state index contributed by atoms with van der Waals surface area (Å²) in [5, 5.41) is 2.93. The largest absolute Gasteiger partial charge is 0.493 e. The lowest BCUT2D eigenvalue weighted by molar-refractivity contribution is -0.127. The van der Waals surface area contributed by atoms with Crippen LogP contribution < -0.4 is 26.0 Å². The van der Waals surface area contributed by atoms with Crippen LogP contribution in [-0.4, -0.2) is 60.5 Å². The van der Waals surface area contributed by atoms with Gasteiger partial charge in [-0.3, -0.25) is 37.8 Å². The predicted molar refractivity (Wildman–Crippen MR) is 198 cm³/mol. The molecule has 0 saturated carbocycles. The van der Waals surface area contributed by atoms with Crippen LogP contribution in [0.4, 0.5) is 10.5 Å². The molecule has 3 aromatic carbocycles. The Morgan fingerprint density at radius 1 is 1.00 bits per heavy atom. The number of amides is 3. The molecule has 1 saturated heterocycles. The molecule has 6 rings (SSSR count). The topological polar surface area (TPSA) is 147 Å². The SMILES string of the molecule is COc1cc(/C=C2\SC(=O)N(CC(=O)Nc3cccc(SC)c3)C2=O)ccc1Oc1nc2c(c(=O)n(C)c(=O)n2C)n1Cc1ccc(Cl)cc1Cl. The quantitative estimate of drug-likeness (QED) is 0.133. The van der Waals surface area contributed by atoms with Crippen LogP contribution in [0.5, 0.6) is 17.5 Å². The van der Waals surface area contributed by atoms with Gasteiger partial charge in [0.15, 0.2) is 22.7 Å². The first-order valence-corrected chi connectivity index (χ1v) is 17.8. The Kier molecular flexibility index (Phi) is 10.3. The molecule has 0 radical (unpaired) electrons. The number of rotatable bonds is 10. The highest BCUT2D eigenvalue weighted by Crippen LogP contribution is 2.37. The molecule has 5 aromatic rings. The van der Waals surface area contributed by atoms with Crippen LogP contribution in [-0.2, 0) is 30.2 Å². The molecule has 0 atom stereocenters. The van der Waals surface area contributed by atoms with Crippen molar-refractivity contribution in [1.29, 1.82) is 0 Å². The fourth-order valence-corrected chi connectivity index (χ4v) is 7.03. The Bertz CT molecular complexity index is 2410. The van der Waals surface area contributed by atoms with Crippen molar-refractivity contribution in [2.45, 2.75) is 11.4 Å². The maximum atomic E-state index is 13.4. The van der Waals surface area contributed by atoms with Crippen LogP contribution in [0, 0.1) is 0 Å². The average Bonchev–Trinajstić information content (AvgIpc) is 3.59. The van der Waals surface area contributed by atoms with Crippen molar-refractivity contribution in [3.63, 3.8) is 0 Å². The van der Waals surface area contributed by atoms with Crippen molar-refractivity contribution < 1.29 is 23.9 Å². The van der Waals surface area contributed by atoms with Crippen molar-refractivity contribution in [3.05, 3.63) is 108 Å². The van der Waals surface area contributed by atoms with E-state index in [1.165, 1.54) is 48.2 Å². The molecule has 0 bridgehead atoms. The molecule has 0 unspecified atom stereocenters. The number of nitrogens with zero attached hydrogens (tertiary/aromatic N) is 5. The van der Waals surface area contributed by atoms with Gasteiger partial charge in [0.05, 0.1) is 18.6 Å². The molecule has 3 heterocycles. The molecular formula is C34H28Cl2N6O7S2. The van der Waals surface area contributed by atoms with Gasteiger partial charge in [-0.05, 0) is 77.7 Å². The lowest BCUT2D eigenvalue weighted by Gasteiger charge is -2.14. The Morgan fingerprint density at radius 3 is 2.51 bits per heavy atom. The summed E-state index contributed by atoms with van der Waals surface area (Å²) in [6, 6.07) is 16.9. The van der Waals surface area contributed by atoms with E-state index in [1.54, 1.807) is 54.6 Å². The van der Waals surface area contributed by atoms with Gasteiger partial charge in [0, 0.05) is 34.7 Å². The number of imide groups is 1. The minimum Gasteiger partial charge on any atom is -0.493 e. The molecule has 1 N–H and O–H groups in total. The molecule has 51 heavy (non-hydrogen) atoms. The molecule has 0 spiro atoms. The van der Waals surface area contributed by atoms with E-state index in [0.29, 0.717) is 38.6 Å². The number of nitrogens with one attached hydrogen (secondary N) is 1. The van der Waals surface area contributed by atoms with E-state index < -0.39 is 34.8 Å². The molecule has 2 aromatic heterocycles. The van der Waals surface area contributed by atoms with E-state index in [9.17, 15) is 24.0 Å². The van der Waals surface area contributed by atoms with Crippen LogP contribution in [0.15, 0.2) is 80.1 Å². The summed E-state index contributed by atoms with van der Waals surface area (Å²) in [4.78, 5) is 71.2. The summed E-state index contributed by atoms with van der Waals surface area (Å²) in [6.45, 7) is -0.396. The summed E-state index contributed by atoms with van der Waals surface area (Å²) < 4.78 is 15.5. The lowest BCUT2D eigenvalue weighted by Crippen LogP contribution is -2.37. The summed E-state index contributed by atoms with van der Waals surface area (Å²) in [5.41, 5.74) is 0.714. The Balaban J connectivity index is 1.28. The molecule has 262 valence electrons. The van der Waals surface area contributed by atoms with E-state index in [2.05, 4.69) is 10.3 Å². The standard InChI is InChI=1S/C34H28Cl2N6O7S2/c1-39-29-28(31(45)40(2)33(39)46)41(16-19-9-10-20(35)14-23(19)36)32(38-29)49-24-11-8-18(12-25(24)48-3)13-26-30(44)42(34(47)51-26)17-27(43)37-21-6-5-7-22(15-21)50-4/h5-15H,16-17H2,1-4H3,(H,37,43)/b26-13-. The number of benzene rings is 3. The molecule has 1 aliphatic heterocycles. The monoisotopic (exact) mass is 766 g/mol. The third-order valence-electron chi connectivity index (χ3n) is 7.87. The van der Waals surface area contributed by atoms with Crippen LogP contribution in [0.2, 0.25) is 10.0 Å². The average molecular weight is 768 g/mol. The van der Waals surface area contributed by atoms with E-state index in [4.69, 9.17) is 32.7 Å². The van der Waals surface area contributed by atoms with Gasteiger partial charge in [0.1, 0.15) is 6.54 Å². The molecular weight excluding hydrogens is 739 g/mol. The Morgan fingerprint density at radius 2 is 1.78 bits per heavy atom. The second-order valence-corrected chi connectivity index (χ2v) is 13.9. The lowest BCUT2D eigenvalue weighted by atomic mass is 10.2. The summed E-state index contributed by atoms with van der Waals surface area (Å²) >= 11 is 14.8. The number of carbonyl (C=O) groups excluding carboxylic acids is 3. The third kappa shape index (κ3) is 7.28. The molecule has 3 amide bonds. The van der Waals surface area contributed by atoms with Crippen molar-refractivity contribution in [2.24, 2.45) is 14.1 Å². The van der Waals surface area contributed by atoms with E-state index in [1.807, 2.05) is 12.3 Å². The number of fused-ring (bicyclic) bond motifs is 1. The smallest absolute Gasteiger partial charge is 0.332 e. The maximum absolute atomic E-state index is 13.4. The van der Waals surface area contributed by atoms with Crippen molar-refractivity contribution in [2.75, 3.05) is 25.2 Å². The number of hydrogen-bond acceptors (Lipinski definition) is 10. The highest BCUT2D eigenvalue weighted by Gasteiger charge is 2.36. The van der Waals surface area contributed by atoms with E-state index in [0.717, 1.165) is 14.4 Å². The normalized spacial score (nSPS) is 13.8. The second-order valence-electron chi connectivity index (χ2n) is 11.2. The number of halogens is 2. The number of aryl methyl sites for hydroxylation is 1. The Hall–Kier alpha value is -4.96. The summed E-state index contributed by atoms with van der Waals surface area (Å²) in [7, 11) is 4.28. The van der Waals surface area contributed by atoms with Crippen LogP contribution in [0.1, 0.15) is 11.1 Å². The van der Waals surface area contributed by atoms with Crippen molar-refractivity contribution in [1.82, 2.24) is 23.6 Å². The highest BCUT2D eigenvalue weighted by molar-refractivity contribution is 8.18. The fourth-order valence-electron chi connectivity index (χ4n) is 5.26. The van der Waals surface area contributed by atoms with Crippen LogP contribution in [0.3, 0.4) is 0 Å². The van der Waals surface area contributed by atoms with Gasteiger partial charge < -0.3 is 14.8 Å². The van der Waals surface area contributed by atoms with Gasteiger partial charge >= 0.3 is 11.7 Å². The number of aromatic nitrogens is 4. The van der Waals surface area contributed by atoms with Gasteiger partial charge in [-0.1, -0.05) is 41.4 Å². The number of ether oxygens (including phenoxy) is 2. The maximum Gasteiger partial charge on any atom is 0.332 e. The molecule has 0 aliphatic carbocycles. The first-order valence-electron chi connectivity index (χ1n) is 15.0. The minimum atomic E-state index is -0.612. The zero-order valence-corrected chi connectivity index (χ0v) is 30.6. The van der Waals surface area contributed by atoms with Crippen molar-refractivity contribution in [3.8, 4) is 17.5 Å². The van der Waals surface area contributed by atoms with Crippen LogP contribution >= 0.6 is 46.7 Å². The van der Waals surface area contributed by atoms with E-state index >= 15 is 0 Å². The minimum absolute atomic E-state index is 0.0278. The first-order chi connectivity index (χ1) is 24.4. The highest BCUT2D eigenvalue weighted by atomic mass is 35.5. The predicted octanol–water partition coefficient (Wildman–Crippen LogP) is 5.99. The summed E-state index contributed by atoms with van der Waals surface area (Å²) in [6.07, 6.45) is 3.42. The zero-order valence-electron chi connectivity index (χ0n) is 27.4. The summed E-state index contributed by atoms with van der Waals surface area (Å²) in [5.74, 6) is -0.688. The zero-order chi connectivity index (χ0) is 36.6.